The number of ether oxygens (including phenoxy) is 1. The van der Waals surface area contributed by atoms with Crippen LogP contribution in [0.1, 0.15) is 35.2 Å². The minimum Gasteiger partial charge on any atom is -0.453 e. The van der Waals surface area contributed by atoms with Gasteiger partial charge in [0.1, 0.15) is 24.0 Å². The summed E-state index contributed by atoms with van der Waals surface area (Å²) in [6.45, 7) is 1.40. The summed E-state index contributed by atoms with van der Waals surface area (Å²) in [5.74, 6) is 0.845. The maximum atomic E-state index is 13.3. The van der Waals surface area contributed by atoms with Gasteiger partial charge in [0, 0.05) is 32.0 Å². The zero-order chi connectivity index (χ0) is 22.5. The van der Waals surface area contributed by atoms with Crippen molar-refractivity contribution >= 4 is 23.4 Å². The molecule has 32 heavy (non-hydrogen) atoms. The number of nitrogens with zero attached hydrogens (tertiary/aromatic N) is 3. The van der Waals surface area contributed by atoms with Crippen LogP contribution in [0.25, 0.3) is 0 Å². The van der Waals surface area contributed by atoms with Gasteiger partial charge < -0.3 is 19.4 Å². The third kappa shape index (κ3) is 4.97. The topological polar surface area (TPSA) is 102 Å². The van der Waals surface area contributed by atoms with Crippen molar-refractivity contribution in [2.45, 2.75) is 25.5 Å². The molecule has 3 heterocycles. The van der Waals surface area contributed by atoms with E-state index >= 15 is 0 Å². The number of likely N-dealkylation sites (tertiary alicyclic amines) is 1. The Labute approximate surface area is 184 Å². The van der Waals surface area contributed by atoms with Crippen molar-refractivity contribution in [3.8, 4) is 0 Å². The Morgan fingerprint density at radius 3 is 2.75 bits per heavy atom. The number of aromatic nitrogens is 2. The van der Waals surface area contributed by atoms with E-state index in [0.717, 1.165) is 0 Å². The molecule has 0 atom stereocenters. The zero-order valence-corrected chi connectivity index (χ0v) is 17.6. The first-order valence-electron chi connectivity index (χ1n) is 10.3. The fourth-order valence-corrected chi connectivity index (χ4v) is 3.73. The molecule has 2 aromatic heterocycles. The fraction of sp³-hybridized carbons (Fsp3) is 0.318. The number of benzene rings is 1. The molecule has 0 aliphatic carbocycles. The lowest BCUT2D eigenvalue weighted by Crippen LogP contribution is -2.39. The number of carbonyl (C=O) groups is 2. The fourth-order valence-electron chi connectivity index (χ4n) is 3.73. The SMILES string of the molecule is COCc1ccc(C(=O)N2CCC(n3nccc3NC(=O)Nc3cccc(F)c3)CC2)o1. The third-order valence-electron chi connectivity index (χ3n) is 5.25. The standard InChI is InChI=1S/C22H24FN5O4/c1-31-14-18-5-6-19(32-18)21(29)27-11-8-17(9-12-27)28-20(7-10-24-28)26-22(30)25-16-4-2-3-15(23)13-16/h2-7,10,13,17H,8-9,11-12,14H2,1H3,(H2,25,26,30). The Morgan fingerprint density at radius 2 is 2.00 bits per heavy atom. The van der Waals surface area contributed by atoms with Gasteiger partial charge in [-0.1, -0.05) is 6.07 Å². The van der Waals surface area contributed by atoms with Gasteiger partial charge in [-0.15, -0.1) is 0 Å². The van der Waals surface area contributed by atoms with E-state index in [2.05, 4.69) is 15.7 Å². The molecule has 3 aromatic rings. The number of rotatable bonds is 6. The number of hydrogen-bond acceptors (Lipinski definition) is 5. The van der Waals surface area contributed by atoms with Crippen molar-refractivity contribution in [1.29, 1.82) is 0 Å². The second-order valence-electron chi connectivity index (χ2n) is 7.47. The van der Waals surface area contributed by atoms with E-state index in [0.29, 0.717) is 55.6 Å². The van der Waals surface area contributed by atoms with Crippen LogP contribution in [0.15, 0.2) is 53.1 Å². The van der Waals surface area contributed by atoms with Crippen molar-refractivity contribution in [3.05, 3.63) is 66.0 Å². The van der Waals surface area contributed by atoms with Crippen molar-refractivity contribution in [1.82, 2.24) is 14.7 Å². The molecule has 1 aliphatic rings. The Hall–Kier alpha value is -3.66. The molecule has 1 aliphatic heterocycles. The molecule has 168 valence electrons. The summed E-state index contributed by atoms with van der Waals surface area (Å²) in [7, 11) is 1.57. The van der Waals surface area contributed by atoms with E-state index in [-0.39, 0.29) is 11.9 Å². The average Bonchev–Trinajstić information content (AvgIpc) is 3.43. The highest BCUT2D eigenvalue weighted by molar-refractivity contribution is 5.99. The molecule has 10 heteroatoms. The lowest BCUT2D eigenvalue weighted by molar-refractivity contribution is 0.0651. The van der Waals surface area contributed by atoms with E-state index < -0.39 is 11.8 Å². The van der Waals surface area contributed by atoms with Crippen LogP contribution in [-0.2, 0) is 11.3 Å². The van der Waals surface area contributed by atoms with Gasteiger partial charge in [-0.2, -0.15) is 5.10 Å². The maximum absolute atomic E-state index is 13.3. The smallest absolute Gasteiger partial charge is 0.324 e. The first-order chi connectivity index (χ1) is 15.5. The van der Waals surface area contributed by atoms with Crippen LogP contribution in [-0.4, -0.2) is 46.8 Å². The molecule has 3 amide bonds. The Balaban J connectivity index is 1.33. The molecule has 4 rings (SSSR count). The number of carbonyl (C=O) groups excluding carboxylic acids is 2. The molecule has 9 nitrogen and oxygen atoms in total. The van der Waals surface area contributed by atoms with Crippen LogP contribution in [0.3, 0.4) is 0 Å². The van der Waals surface area contributed by atoms with Crippen molar-refractivity contribution < 1.29 is 23.1 Å². The summed E-state index contributed by atoms with van der Waals surface area (Å²) < 4.78 is 25.6. The number of hydrogen-bond donors (Lipinski definition) is 2. The number of urea groups is 1. The molecule has 0 bridgehead atoms. The van der Waals surface area contributed by atoms with Crippen LogP contribution in [0.4, 0.5) is 20.7 Å². The number of anilines is 2. The van der Waals surface area contributed by atoms with Gasteiger partial charge >= 0.3 is 6.03 Å². The lowest BCUT2D eigenvalue weighted by atomic mass is 10.0. The number of nitrogens with one attached hydrogen (secondary N) is 2. The summed E-state index contributed by atoms with van der Waals surface area (Å²) >= 11 is 0. The van der Waals surface area contributed by atoms with Gasteiger partial charge in [0.15, 0.2) is 5.76 Å². The molecule has 0 saturated carbocycles. The number of furan rings is 1. The number of halogens is 1. The van der Waals surface area contributed by atoms with Gasteiger partial charge in [0.2, 0.25) is 0 Å². The quantitative estimate of drug-likeness (QED) is 0.604. The predicted molar refractivity (Wildman–Crippen MR) is 115 cm³/mol. The largest absolute Gasteiger partial charge is 0.453 e. The normalized spacial score (nSPS) is 14.4. The minimum atomic E-state index is -0.491. The van der Waals surface area contributed by atoms with E-state index in [1.807, 2.05) is 0 Å². The monoisotopic (exact) mass is 441 g/mol. The van der Waals surface area contributed by atoms with E-state index in [1.165, 1.54) is 18.2 Å². The van der Waals surface area contributed by atoms with Crippen LogP contribution in [0.5, 0.6) is 0 Å². The molecule has 1 fully saturated rings. The summed E-state index contributed by atoms with van der Waals surface area (Å²) in [6, 6.07) is 10.3. The maximum Gasteiger partial charge on any atom is 0.324 e. The molecular weight excluding hydrogens is 417 g/mol. The highest BCUT2D eigenvalue weighted by atomic mass is 19.1. The number of methoxy groups -OCH3 is 1. The highest BCUT2D eigenvalue weighted by Crippen LogP contribution is 2.26. The molecule has 0 spiro atoms. The van der Waals surface area contributed by atoms with Crippen molar-refractivity contribution in [2.24, 2.45) is 0 Å². The van der Waals surface area contributed by atoms with E-state index in [4.69, 9.17) is 9.15 Å². The molecule has 0 unspecified atom stereocenters. The molecule has 1 saturated heterocycles. The Bertz CT molecular complexity index is 1090. The third-order valence-corrected chi connectivity index (χ3v) is 5.25. The second kappa shape index (κ2) is 9.65. The predicted octanol–water partition coefficient (Wildman–Crippen LogP) is 3.88. The number of amides is 3. The average molecular weight is 441 g/mol. The first kappa shape index (κ1) is 21.6. The summed E-state index contributed by atoms with van der Waals surface area (Å²) in [4.78, 5) is 26.8. The molecule has 2 N–H and O–H groups in total. The van der Waals surface area contributed by atoms with Crippen LogP contribution >= 0.6 is 0 Å². The van der Waals surface area contributed by atoms with Gasteiger partial charge in [0.25, 0.3) is 5.91 Å². The highest BCUT2D eigenvalue weighted by Gasteiger charge is 2.27. The zero-order valence-electron chi connectivity index (χ0n) is 17.6. The van der Waals surface area contributed by atoms with Crippen molar-refractivity contribution in [3.63, 3.8) is 0 Å². The summed E-state index contributed by atoms with van der Waals surface area (Å²) in [5, 5.41) is 9.69. The number of piperidine rings is 1. The van der Waals surface area contributed by atoms with E-state index in [9.17, 15) is 14.0 Å². The molecule has 1 aromatic carbocycles. The second-order valence-corrected chi connectivity index (χ2v) is 7.47. The summed E-state index contributed by atoms with van der Waals surface area (Å²) in [6.07, 6.45) is 2.97. The Kier molecular flexibility index (Phi) is 6.50. The first-order valence-corrected chi connectivity index (χ1v) is 10.3. The van der Waals surface area contributed by atoms with Crippen LogP contribution in [0, 0.1) is 5.82 Å². The minimum absolute atomic E-state index is 0.0270. The lowest BCUT2D eigenvalue weighted by Gasteiger charge is -2.32. The summed E-state index contributed by atoms with van der Waals surface area (Å²) in [5.41, 5.74) is 0.354. The van der Waals surface area contributed by atoms with E-state index in [1.54, 1.807) is 47.2 Å². The Morgan fingerprint density at radius 1 is 1.19 bits per heavy atom. The van der Waals surface area contributed by atoms with Gasteiger partial charge in [-0.05, 0) is 43.2 Å². The van der Waals surface area contributed by atoms with Crippen molar-refractivity contribution in [2.75, 3.05) is 30.8 Å². The molecule has 0 radical (unpaired) electrons. The van der Waals surface area contributed by atoms with Gasteiger partial charge in [0.05, 0.1) is 12.2 Å². The van der Waals surface area contributed by atoms with Crippen LogP contribution < -0.4 is 10.6 Å². The molecular formula is C22H24FN5O4. The van der Waals surface area contributed by atoms with Gasteiger partial charge in [-0.25, -0.2) is 13.9 Å². The van der Waals surface area contributed by atoms with Gasteiger partial charge in [-0.3, -0.25) is 10.1 Å². The van der Waals surface area contributed by atoms with Crippen LogP contribution in [0.2, 0.25) is 0 Å².